The van der Waals surface area contributed by atoms with Crippen molar-refractivity contribution < 1.29 is 14.7 Å². The molecule has 0 saturated heterocycles. The third-order valence-corrected chi connectivity index (χ3v) is 2.60. The van der Waals surface area contributed by atoms with Gasteiger partial charge < -0.3 is 15.3 Å². The first-order valence-corrected chi connectivity index (χ1v) is 6.30. The van der Waals surface area contributed by atoms with Crippen molar-refractivity contribution in [2.75, 3.05) is 13.7 Å². The van der Waals surface area contributed by atoms with Gasteiger partial charge in [-0.3, -0.25) is 4.79 Å². The molecule has 0 spiro atoms. The number of hydrogen-bond donors (Lipinski definition) is 2. The van der Waals surface area contributed by atoms with Crippen LogP contribution in [0.3, 0.4) is 0 Å². The molecular weight excluding hydrogens is 244 g/mol. The molecule has 5 nitrogen and oxygen atoms in total. The van der Waals surface area contributed by atoms with Crippen molar-refractivity contribution in [3.8, 4) is 0 Å². The van der Waals surface area contributed by atoms with Crippen LogP contribution in [-0.4, -0.2) is 37.0 Å². The SMILES string of the molecule is CCCC(O)CNC(=O)c1ccc(/C=N/OC)cc1. The van der Waals surface area contributed by atoms with E-state index in [0.717, 1.165) is 12.0 Å². The molecule has 104 valence electrons. The lowest BCUT2D eigenvalue weighted by Gasteiger charge is -2.10. The van der Waals surface area contributed by atoms with E-state index in [9.17, 15) is 9.90 Å². The van der Waals surface area contributed by atoms with Gasteiger partial charge in [-0.2, -0.15) is 0 Å². The second kappa shape index (κ2) is 8.26. The third-order valence-electron chi connectivity index (χ3n) is 2.60. The number of oxime groups is 1. The summed E-state index contributed by atoms with van der Waals surface area (Å²) in [6, 6.07) is 6.97. The maximum Gasteiger partial charge on any atom is 0.251 e. The van der Waals surface area contributed by atoms with Gasteiger partial charge in [-0.15, -0.1) is 0 Å². The fourth-order valence-electron chi connectivity index (χ4n) is 1.58. The highest BCUT2D eigenvalue weighted by molar-refractivity contribution is 5.95. The Labute approximate surface area is 113 Å². The second-order valence-electron chi connectivity index (χ2n) is 4.19. The van der Waals surface area contributed by atoms with Gasteiger partial charge in [0.1, 0.15) is 7.11 Å². The summed E-state index contributed by atoms with van der Waals surface area (Å²) in [5.74, 6) is -0.189. The van der Waals surface area contributed by atoms with Crippen molar-refractivity contribution in [1.82, 2.24) is 5.32 Å². The molecule has 0 radical (unpaired) electrons. The molecule has 1 amide bonds. The topological polar surface area (TPSA) is 70.9 Å². The summed E-state index contributed by atoms with van der Waals surface area (Å²) in [4.78, 5) is 16.4. The summed E-state index contributed by atoms with van der Waals surface area (Å²) in [7, 11) is 1.47. The average Bonchev–Trinajstić information content (AvgIpc) is 2.43. The van der Waals surface area contributed by atoms with E-state index in [-0.39, 0.29) is 12.5 Å². The molecule has 0 bridgehead atoms. The number of aliphatic hydroxyl groups is 1. The molecule has 1 aromatic rings. The zero-order valence-corrected chi connectivity index (χ0v) is 11.3. The molecule has 0 saturated carbocycles. The van der Waals surface area contributed by atoms with E-state index in [1.54, 1.807) is 30.5 Å². The predicted molar refractivity (Wildman–Crippen MR) is 74.3 cm³/mol. The van der Waals surface area contributed by atoms with Gasteiger partial charge in [0.25, 0.3) is 5.91 Å². The van der Waals surface area contributed by atoms with Gasteiger partial charge in [-0.1, -0.05) is 30.6 Å². The minimum atomic E-state index is -0.484. The standard InChI is InChI=1S/C14H20N2O3/c1-3-4-13(17)10-15-14(18)12-7-5-11(6-8-12)9-16-19-2/h5-9,13,17H,3-4,10H2,1-2H3,(H,15,18)/b16-9+. The molecule has 0 aliphatic rings. The van der Waals surface area contributed by atoms with Crippen LogP contribution in [0, 0.1) is 0 Å². The summed E-state index contributed by atoms with van der Waals surface area (Å²) in [5.41, 5.74) is 1.41. The fraction of sp³-hybridized carbons (Fsp3) is 0.429. The highest BCUT2D eigenvalue weighted by atomic mass is 16.6. The number of benzene rings is 1. The first-order valence-electron chi connectivity index (χ1n) is 6.30. The molecule has 0 aliphatic carbocycles. The molecule has 2 N–H and O–H groups in total. The Balaban J connectivity index is 2.51. The first-order chi connectivity index (χ1) is 9.17. The van der Waals surface area contributed by atoms with Crippen molar-refractivity contribution in [2.24, 2.45) is 5.16 Å². The quantitative estimate of drug-likeness (QED) is 0.580. The summed E-state index contributed by atoms with van der Waals surface area (Å²) >= 11 is 0. The maximum atomic E-state index is 11.8. The molecule has 1 unspecified atom stereocenters. The number of hydrogen-bond acceptors (Lipinski definition) is 4. The minimum absolute atomic E-state index is 0.189. The Kier molecular flexibility index (Phi) is 6.60. The number of nitrogens with zero attached hydrogens (tertiary/aromatic N) is 1. The van der Waals surface area contributed by atoms with Crippen LogP contribution in [-0.2, 0) is 4.84 Å². The van der Waals surface area contributed by atoms with Gasteiger partial charge in [0.15, 0.2) is 0 Å². The normalized spacial score (nSPS) is 12.4. The molecule has 1 atom stereocenters. The van der Waals surface area contributed by atoms with Crippen molar-refractivity contribution in [3.63, 3.8) is 0 Å². The molecule has 0 fully saturated rings. The van der Waals surface area contributed by atoms with Crippen LogP contribution in [0.4, 0.5) is 0 Å². The third kappa shape index (κ3) is 5.52. The Morgan fingerprint density at radius 3 is 2.74 bits per heavy atom. The lowest BCUT2D eigenvalue weighted by Crippen LogP contribution is -2.31. The smallest absolute Gasteiger partial charge is 0.251 e. The van der Waals surface area contributed by atoms with Crippen molar-refractivity contribution in [3.05, 3.63) is 35.4 Å². The van der Waals surface area contributed by atoms with Crippen LogP contribution in [0.25, 0.3) is 0 Å². The number of amides is 1. The zero-order chi connectivity index (χ0) is 14.1. The molecule has 0 aromatic heterocycles. The number of carbonyl (C=O) groups excluding carboxylic acids is 1. The Bertz CT molecular complexity index is 415. The van der Waals surface area contributed by atoms with E-state index in [0.29, 0.717) is 12.0 Å². The Hall–Kier alpha value is -1.88. The van der Waals surface area contributed by atoms with E-state index in [4.69, 9.17) is 0 Å². The van der Waals surface area contributed by atoms with Crippen LogP contribution >= 0.6 is 0 Å². The molecule has 0 heterocycles. The summed E-state index contributed by atoms with van der Waals surface area (Å²) in [5, 5.41) is 15.9. The molecule has 1 rings (SSSR count). The summed E-state index contributed by atoms with van der Waals surface area (Å²) < 4.78 is 0. The molecule has 5 heteroatoms. The second-order valence-corrected chi connectivity index (χ2v) is 4.19. The predicted octanol–water partition coefficient (Wildman–Crippen LogP) is 1.56. The van der Waals surface area contributed by atoms with Crippen LogP contribution < -0.4 is 5.32 Å². The lowest BCUT2D eigenvalue weighted by molar-refractivity contribution is 0.0910. The van der Waals surface area contributed by atoms with E-state index in [1.807, 2.05) is 6.92 Å². The Morgan fingerprint density at radius 2 is 2.16 bits per heavy atom. The number of carbonyl (C=O) groups is 1. The molecule has 1 aromatic carbocycles. The molecule has 19 heavy (non-hydrogen) atoms. The lowest BCUT2D eigenvalue weighted by atomic mass is 10.1. The highest BCUT2D eigenvalue weighted by Gasteiger charge is 2.08. The van der Waals surface area contributed by atoms with Gasteiger partial charge in [0, 0.05) is 12.1 Å². The van der Waals surface area contributed by atoms with E-state index < -0.39 is 6.10 Å². The molecular formula is C14H20N2O3. The fourth-order valence-corrected chi connectivity index (χ4v) is 1.58. The van der Waals surface area contributed by atoms with Crippen molar-refractivity contribution >= 4 is 12.1 Å². The van der Waals surface area contributed by atoms with Gasteiger partial charge >= 0.3 is 0 Å². The first kappa shape index (κ1) is 15.2. The van der Waals surface area contributed by atoms with E-state index >= 15 is 0 Å². The van der Waals surface area contributed by atoms with E-state index in [1.165, 1.54) is 7.11 Å². The summed E-state index contributed by atoms with van der Waals surface area (Å²) in [6.07, 6.45) is 2.66. The Morgan fingerprint density at radius 1 is 1.47 bits per heavy atom. The van der Waals surface area contributed by atoms with Crippen LogP contribution in [0.1, 0.15) is 35.7 Å². The average molecular weight is 264 g/mol. The monoisotopic (exact) mass is 264 g/mol. The zero-order valence-electron chi connectivity index (χ0n) is 11.3. The minimum Gasteiger partial charge on any atom is -0.399 e. The van der Waals surface area contributed by atoms with E-state index in [2.05, 4.69) is 15.3 Å². The van der Waals surface area contributed by atoms with Crippen LogP contribution in [0.2, 0.25) is 0 Å². The van der Waals surface area contributed by atoms with Crippen LogP contribution in [0.15, 0.2) is 29.4 Å². The number of aliphatic hydroxyl groups excluding tert-OH is 1. The van der Waals surface area contributed by atoms with Gasteiger partial charge in [-0.25, -0.2) is 0 Å². The van der Waals surface area contributed by atoms with Gasteiger partial charge in [0.05, 0.1) is 12.3 Å². The van der Waals surface area contributed by atoms with Gasteiger partial charge in [-0.05, 0) is 24.1 Å². The number of nitrogens with one attached hydrogen (secondary N) is 1. The van der Waals surface area contributed by atoms with Crippen molar-refractivity contribution in [2.45, 2.75) is 25.9 Å². The van der Waals surface area contributed by atoms with Gasteiger partial charge in [0.2, 0.25) is 0 Å². The summed E-state index contributed by atoms with van der Waals surface area (Å²) in [6.45, 7) is 2.27. The van der Waals surface area contributed by atoms with Crippen LogP contribution in [0.5, 0.6) is 0 Å². The largest absolute Gasteiger partial charge is 0.399 e. The highest BCUT2D eigenvalue weighted by Crippen LogP contribution is 2.03. The maximum absolute atomic E-state index is 11.8. The molecule has 0 aliphatic heterocycles. The van der Waals surface area contributed by atoms with Crippen molar-refractivity contribution in [1.29, 1.82) is 0 Å². The number of rotatable bonds is 7.